The highest BCUT2D eigenvalue weighted by atomic mass is 79.9. The van der Waals surface area contributed by atoms with Gasteiger partial charge in [0, 0.05) is 9.72 Å². The van der Waals surface area contributed by atoms with Crippen molar-refractivity contribution in [1.82, 2.24) is 0 Å². The Morgan fingerprint density at radius 1 is 1.05 bits per heavy atom. The van der Waals surface area contributed by atoms with E-state index in [1.807, 2.05) is 12.1 Å². The molecule has 0 fully saturated rings. The molecular weight excluding hydrogens is 320 g/mol. The molecular formula is C16H17BrOS. The van der Waals surface area contributed by atoms with Gasteiger partial charge in [0.05, 0.1) is 7.11 Å². The van der Waals surface area contributed by atoms with Crippen LogP contribution in [0.15, 0.2) is 53.4 Å². The molecule has 0 N–H and O–H groups in total. The van der Waals surface area contributed by atoms with Crippen LogP contribution >= 0.6 is 27.7 Å². The molecule has 0 saturated heterocycles. The van der Waals surface area contributed by atoms with Crippen LogP contribution in [0.2, 0.25) is 0 Å². The Bertz CT molecular complexity index is 507. The number of rotatable bonds is 5. The van der Waals surface area contributed by atoms with Crippen molar-refractivity contribution in [2.45, 2.75) is 16.1 Å². The smallest absolute Gasteiger partial charge is 0.118 e. The van der Waals surface area contributed by atoms with E-state index in [4.69, 9.17) is 4.74 Å². The molecule has 0 aliphatic carbocycles. The predicted molar refractivity (Wildman–Crippen MR) is 86.6 cm³/mol. The number of thioether (sulfide) groups is 1. The SMILES string of the molecule is COc1ccc(CC(Br)c2ccc(SC)cc2)cc1. The van der Waals surface area contributed by atoms with Gasteiger partial charge >= 0.3 is 0 Å². The second-order valence-corrected chi connectivity index (χ2v) is 6.28. The molecule has 2 aromatic rings. The second kappa shape index (κ2) is 7.01. The van der Waals surface area contributed by atoms with Crippen LogP contribution in [0, 0.1) is 0 Å². The van der Waals surface area contributed by atoms with Crippen LogP contribution in [0.5, 0.6) is 5.75 Å². The number of hydrogen-bond acceptors (Lipinski definition) is 2. The standard InChI is InChI=1S/C16H17BrOS/c1-18-14-7-3-12(4-8-14)11-16(17)13-5-9-15(19-2)10-6-13/h3-10,16H,11H2,1-2H3. The van der Waals surface area contributed by atoms with Crippen LogP contribution in [0.4, 0.5) is 0 Å². The highest BCUT2D eigenvalue weighted by molar-refractivity contribution is 9.09. The minimum Gasteiger partial charge on any atom is -0.497 e. The molecule has 1 unspecified atom stereocenters. The summed E-state index contributed by atoms with van der Waals surface area (Å²) >= 11 is 5.53. The molecule has 0 heterocycles. The average Bonchev–Trinajstić information content (AvgIpc) is 2.48. The van der Waals surface area contributed by atoms with Gasteiger partial charge in [0.2, 0.25) is 0 Å². The number of benzene rings is 2. The van der Waals surface area contributed by atoms with Crippen LogP contribution in [0.1, 0.15) is 16.0 Å². The van der Waals surface area contributed by atoms with Gasteiger partial charge in [-0.3, -0.25) is 0 Å². The molecule has 0 aromatic heterocycles. The lowest BCUT2D eigenvalue weighted by atomic mass is 10.0. The maximum atomic E-state index is 5.17. The monoisotopic (exact) mass is 336 g/mol. The quantitative estimate of drug-likeness (QED) is 0.555. The summed E-state index contributed by atoms with van der Waals surface area (Å²) in [4.78, 5) is 1.64. The lowest BCUT2D eigenvalue weighted by Crippen LogP contribution is -1.95. The first kappa shape index (κ1) is 14.5. The Morgan fingerprint density at radius 2 is 1.68 bits per heavy atom. The largest absolute Gasteiger partial charge is 0.497 e. The van der Waals surface area contributed by atoms with E-state index in [0.29, 0.717) is 4.83 Å². The average molecular weight is 337 g/mol. The molecule has 0 bridgehead atoms. The van der Waals surface area contributed by atoms with Gasteiger partial charge in [-0.15, -0.1) is 11.8 Å². The maximum absolute atomic E-state index is 5.17. The van der Waals surface area contributed by atoms with Gasteiger partial charge in [0.15, 0.2) is 0 Å². The third-order valence-corrected chi connectivity index (χ3v) is 4.65. The highest BCUT2D eigenvalue weighted by Crippen LogP contribution is 2.29. The van der Waals surface area contributed by atoms with Crippen LogP contribution in [-0.4, -0.2) is 13.4 Å². The Labute approximate surface area is 127 Å². The van der Waals surface area contributed by atoms with Crippen molar-refractivity contribution in [1.29, 1.82) is 0 Å². The zero-order chi connectivity index (χ0) is 13.7. The summed E-state index contributed by atoms with van der Waals surface area (Å²) in [5.74, 6) is 0.902. The van der Waals surface area contributed by atoms with E-state index in [1.54, 1.807) is 18.9 Å². The molecule has 2 rings (SSSR count). The Kier molecular flexibility index (Phi) is 5.34. The summed E-state index contributed by atoms with van der Waals surface area (Å²) in [6, 6.07) is 17.0. The first-order valence-corrected chi connectivity index (χ1v) is 8.28. The molecule has 0 aliphatic rings. The summed E-state index contributed by atoms with van der Waals surface area (Å²) in [6.45, 7) is 0. The van der Waals surface area contributed by atoms with E-state index in [-0.39, 0.29) is 0 Å². The van der Waals surface area contributed by atoms with Crippen LogP contribution in [0.25, 0.3) is 0 Å². The lowest BCUT2D eigenvalue weighted by molar-refractivity contribution is 0.414. The normalized spacial score (nSPS) is 12.2. The fraction of sp³-hybridized carbons (Fsp3) is 0.250. The number of alkyl halides is 1. The molecule has 100 valence electrons. The van der Waals surface area contributed by atoms with Crippen molar-refractivity contribution in [3.05, 3.63) is 59.7 Å². The summed E-state index contributed by atoms with van der Waals surface area (Å²) in [7, 11) is 1.69. The van der Waals surface area contributed by atoms with Crippen molar-refractivity contribution < 1.29 is 4.74 Å². The molecule has 1 nitrogen and oxygen atoms in total. The lowest BCUT2D eigenvalue weighted by Gasteiger charge is -2.11. The predicted octanol–water partition coefficient (Wildman–Crippen LogP) is 5.10. The van der Waals surface area contributed by atoms with Crippen molar-refractivity contribution in [2.75, 3.05) is 13.4 Å². The minimum absolute atomic E-state index is 0.344. The maximum Gasteiger partial charge on any atom is 0.118 e. The highest BCUT2D eigenvalue weighted by Gasteiger charge is 2.08. The fourth-order valence-corrected chi connectivity index (χ4v) is 2.99. The first-order chi connectivity index (χ1) is 9.22. The van der Waals surface area contributed by atoms with Crippen LogP contribution < -0.4 is 4.74 Å². The zero-order valence-electron chi connectivity index (χ0n) is 11.1. The van der Waals surface area contributed by atoms with Gasteiger partial charge in [-0.25, -0.2) is 0 Å². The van der Waals surface area contributed by atoms with Crippen molar-refractivity contribution in [3.8, 4) is 5.75 Å². The van der Waals surface area contributed by atoms with Gasteiger partial charge < -0.3 is 4.74 Å². The number of ether oxygens (including phenoxy) is 1. The van der Waals surface area contributed by atoms with Crippen molar-refractivity contribution in [3.63, 3.8) is 0 Å². The molecule has 3 heteroatoms. The van der Waals surface area contributed by atoms with Gasteiger partial charge in [0.25, 0.3) is 0 Å². The molecule has 0 aliphatic heterocycles. The molecule has 0 radical (unpaired) electrons. The van der Waals surface area contributed by atoms with Gasteiger partial charge in [-0.1, -0.05) is 40.2 Å². The topological polar surface area (TPSA) is 9.23 Å². The fourth-order valence-electron chi connectivity index (χ4n) is 1.90. The third-order valence-electron chi connectivity index (χ3n) is 3.05. The Balaban J connectivity index is 2.04. The van der Waals surface area contributed by atoms with Crippen LogP contribution in [-0.2, 0) is 6.42 Å². The first-order valence-electron chi connectivity index (χ1n) is 6.14. The summed E-state index contributed by atoms with van der Waals surface area (Å²) < 4.78 is 5.17. The summed E-state index contributed by atoms with van der Waals surface area (Å²) in [6.07, 6.45) is 3.07. The second-order valence-electron chi connectivity index (χ2n) is 4.29. The molecule has 2 aromatic carbocycles. The van der Waals surface area contributed by atoms with Crippen molar-refractivity contribution >= 4 is 27.7 Å². The van der Waals surface area contributed by atoms with E-state index >= 15 is 0 Å². The zero-order valence-corrected chi connectivity index (χ0v) is 13.5. The van der Waals surface area contributed by atoms with Crippen LogP contribution in [0.3, 0.4) is 0 Å². The Hall–Kier alpha value is -0.930. The van der Waals surface area contributed by atoms with E-state index in [2.05, 4.69) is 58.6 Å². The summed E-state index contributed by atoms with van der Waals surface area (Å²) in [5.41, 5.74) is 2.62. The molecule has 1 atom stereocenters. The van der Waals surface area contributed by atoms with E-state index in [1.165, 1.54) is 16.0 Å². The van der Waals surface area contributed by atoms with E-state index in [9.17, 15) is 0 Å². The van der Waals surface area contributed by atoms with Gasteiger partial charge in [-0.05, 0) is 48.1 Å². The minimum atomic E-state index is 0.344. The van der Waals surface area contributed by atoms with Crippen molar-refractivity contribution in [2.24, 2.45) is 0 Å². The number of halogens is 1. The summed E-state index contributed by atoms with van der Waals surface area (Å²) in [5, 5.41) is 0. The molecule has 0 amide bonds. The Morgan fingerprint density at radius 3 is 2.21 bits per heavy atom. The number of hydrogen-bond donors (Lipinski definition) is 0. The molecule has 19 heavy (non-hydrogen) atoms. The number of methoxy groups -OCH3 is 1. The van der Waals surface area contributed by atoms with Gasteiger partial charge in [-0.2, -0.15) is 0 Å². The van der Waals surface area contributed by atoms with E-state index in [0.717, 1.165) is 12.2 Å². The van der Waals surface area contributed by atoms with Gasteiger partial charge in [0.1, 0.15) is 5.75 Å². The molecule has 0 spiro atoms. The van der Waals surface area contributed by atoms with E-state index < -0.39 is 0 Å². The third kappa shape index (κ3) is 4.02. The molecule has 0 saturated carbocycles.